The largest absolute Gasteiger partial charge is 0.0622 e. The van der Waals surface area contributed by atoms with E-state index >= 15 is 0 Å². The van der Waals surface area contributed by atoms with Crippen LogP contribution in [0.5, 0.6) is 0 Å². The minimum absolute atomic E-state index is 1.18. The van der Waals surface area contributed by atoms with Crippen molar-refractivity contribution in [3.8, 4) is 55.6 Å². The van der Waals surface area contributed by atoms with Crippen molar-refractivity contribution in [1.82, 2.24) is 0 Å². The van der Waals surface area contributed by atoms with Crippen molar-refractivity contribution < 1.29 is 0 Å². The second-order valence-electron chi connectivity index (χ2n) is 13.3. The molecule has 0 N–H and O–H groups in total. The Morgan fingerprint density at radius 3 is 1.15 bits per heavy atom. The van der Waals surface area contributed by atoms with Gasteiger partial charge in [0.1, 0.15) is 0 Å². The van der Waals surface area contributed by atoms with Crippen LogP contribution in [0.2, 0.25) is 0 Å². The number of hydrogen-bond acceptors (Lipinski definition) is 0. The average Bonchev–Trinajstić information content (AvgIpc) is 3.23. The van der Waals surface area contributed by atoms with Crippen molar-refractivity contribution in [2.24, 2.45) is 0 Å². The predicted molar refractivity (Wildman–Crippen MR) is 224 cm³/mol. The number of rotatable bonds is 7. The third kappa shape index (κ3) is 6.12. The Balaban J connectivity index is 1.23. The molecule has 0 fully saturated rings. The van der Waals surface area contributed by atoms with Gasteiger partial charge in [-0.3, -0.25) is 0 Å². The molecule has 0 spiro atoms. The van der Waals surface area contributed by atoms with Gasteiger partial charge in [0.15, 0.2) is 0 Å². The van der Waals surface area contributed by atoms with Crippen molar-refractivity contribution in [2.45, 2.75) is 0 Å². The molecule has 0 aliphatic heterocycles. The standard InChI is InChI=1S/C52H36/c1-4-13-37(14-5-1)23-24-38-15-12-20-45(35-38)46-33-34-49-50(36-46)52(44-31-27-42(28-32-44)40-18-8-3-9-19-40)48-22-11-10-21-47(48)51(49)43-29-25-41(26-30-43)39-16-6-2-7-17-39/h1-36H/b24-23+. The molecule has 244 valence electrons. The normalized spacial score (nSPS) is 11.4. The van der Waals surface area contributed by atoms with Gasteiger partial charge in [-0.05, 0) is 100 Å². The molecule has 0 radical (unpaired) electrons. The smallest absolute Gasteiger partial charge is 0.00261 e. The van der Waals surface area contributed by atoms with Gasteiger partial charge in [0, 0.05) is 0 Å². The average molecular weight is 661 g/mol. The van der Waals surface area contributed by atoms with E-state index in [9.17, 15) is 0 Å². The molecule has 9 aromatic rings. The van der Waals surface area contributed by atoms with E-state index in [1.54, 1.807) is 0 Å². The monoisotopic (exact) mass is 660 g/mol. The fraction of sp³-hybridized carbons (Fsp3) is 0. The molecule has 0 heterocycles. The van der Waals surface area contributed by atoms with Gasteiger partial charge < -0.3 is 0 Å². The van der Waals surface area contributed by atoms with E-state index in [1.165, 1.54) is 88.3 Å². The topological polar surface area (TPSA) is 0 Å². The summed E-state index contributed by atoms with van der Waals surface area (Å²) in [5, 5.41) is 5.00. The van der Waals surface area contributed by atoms with E-state index in [4.69, 9.17) is 0 Å². The van der Waals surface area contributed by atoms with Crippen LogP contribution in [0.3, 0.4) is 0 Å². The predicted octanol–water partition coefficient (Wildman–Crippen LogP) is 14.5. The first-order valence-electron chi connectivity index (χ1n) is 17.9. The first-order valence-corrected chi connectivity index (χ1v) is 17.9. The maximum Gasteiger partial charge on any atom is -0.00261 e. The van der Waals surface area contributed by atoms with Crippen LogP contribution >= 0.6 is 0 Å². The maximum atomic E-state index is 2.41. The summed E-state index contributed by atoms with van der Waals surface area (Å²) in [5.74, 6) is 0. The van der Waals surface area contributed by atoms with Gasteiger partial charge in [-0.25, -0.2) is 0 Å². The van der Waals surface area contributed by atoms with Gasteiger partial charge in [-0.2, -0.15) is 0 Å². The first-order chi connectivity index (χ1) is 25.8. The van der Waals surface area contributed by atoms with E-state index in [0.717, 1.165) is 0 Å². The van der Waals surface area contributed by atoms with E-state index in [-0.39, 0.29) is 0 Å². The second kappa shape index (κ2) is 13.9. The van der Waals surface area contributed by atoms with Crippen molar-refractivity contribution in [2.75, 3.05) is 0 Å². The fourth-order valence-electron chi connectivity index (χ4n) is 7.48. The van der Waals surface area contributed by atoms with Crippen LogP contribution in [0.4, 0.5) is 0 Å². The molecule has 9 rings (SSSR count). The van der Waals surface area contributed by atoms with Crippen molar-refractivity contribution in [3.05, 3.63) is 217 Å². The highest BCUT2D eigenvalue weighted by atomic mass is 14.2. The molecule has 0 aromatic heterocycles. The summed E-state index contributed by atoms with van der Waals surface area (Å²) in [6.07, 6.45) is 4.38. The molecule has 0 saturated heterocycles. The summed E-state index contributed by atoms with van der Waals surface area (Å²) in [7, 11) is 0. The van der Waals surface area contributed by atoms with Crippen LogP contribution < -0.4 is 0 Å². The highest BCUT2D eigenvalue weighted by Gasteiger charge is 2.18. The van der Waals surface area contributed by atoms with Crippen molar-refractivity contribution in [1.29, 1.82) is 0 Å². The van der Waals surface area contributed by atoms with Crippen LogP contribution in [0, 0.1) is 0 Å². The summed E-state index contributed by atoms with van der Waals surface area (Å²) in [5.41, 5.74) is 14.6. The minimum atomic E-state index is 1.18. The molecule has 0 saturated carbocycles. The van der Waals surface area contributed by atoms with Crippen LogP contribution in [-0.2, 0) is 0 Å². The van der Waals surface area contributed by atoms with Gasteiger partial charge in [-0.15, -0.1) is 0 Å². The molecule has 0 aliphatic rings. The molecule has 0 nitrogen and oxygen atoms in total. The quantitative estimate of drug-likeness (QED) is 0.118. The molecule has 0 amide bonds. The van der Waals surface area contributed by atoms with Gasteiger partial charge >= 0.3 is 0 Å². The summed E-state index contributed by atoms with van der Waals surface area (Å²) in [6, 6.07) is 74.7. The molecule has 0 heteroatoms. The Morgan fingerprint density at radius 1 is 0.212 bits per heavy atom. The van der Waals surface area contributed by atoms with Crippen molar-refractivity contribution >= 4 is 33.7 Å². The lowest BCUT2D eigenvalue weighted by molar-refractivity contribution is 1.59. The van der Waals surface area contributed by atoms with Gasteiger partial charge in [-0.1, -0.05) is 206 Å². The molecular weight excluding hydrogens is 625 g/mol. The Kier molecular flexibility index (Phi) is 8.33. The zero-order chi connectivity index (χ0) is 34.7. The lowest BCUT2D eigenvalue weighted by atomic mass is 9.84. The first kappa shape index (κ1) is 31.2. The summed E-state index contributed by atoms with van der Waals surface area (Å²) >= 11 is 0. The van der Waals surface area contributed by atoms with Crippen molar-refractivity contribution in [3.63, 3.8) is 0 Å². The van der Waals surface area contributed by atoms with Crippen LogP contribution in [0.25, 0.3) is 89.3 Å². The maximum absolute atomic E-state index is 2.41. The van der Waals surface area contributed by atoms with Crippen LogP contribution in [0.1, 0.15) is 11.1 Å². The Bertz CT molecular complexity index is 2670. The van der Waals surface area contributed by atoms with Crippen LogP contribution in [0.15, 0.2) is 206 Å². The summed E-state index contributed by atoms with van der Waals surface area (Å²) in [4.78, 5) is 0. The molecule has 0 atom stereocenters. The van der Waals surface area contributed by atoms with Gasteiger partial charge in [0.2, 0.25) is 0 Å². The zero-order valence-corrected chi connectivity index (χ0v) is 28.8. The zero-order valence-electron chi connectivity index (χ0n) is 28.8. The summed E-state index contributed by atoms with van der Waals surface area (Å²) < 4.78 is 0. The highest BCUT2D eigenvalue weighted by Crippen LogP contribution is 2.45. The Morgan fingerprint density at radius 2 is 0.577 bits per heavy atom. The summed E-state index contributed by atoms with van der Waals surface area (Å²) in [6.45, 7) is 0. The number of hydrogen-bond donors (Lipinski definition) is 0. The van der Waals surface area contributed by atoms with E-state index < -0.39 is 0 Å². The van der Waals surface area contributed by atoms with E-state index in [0.29, 0.717) is 0 Å². The molecular formula is C52H36. The highest BCUT2D eigenvalue weighted by molar-refractivity contribution is 6.22. The fourth-order valence-corrected chi connectivity index (χ4v) is 7.48. The number of fused-ring (bicyclic) bond motifs is 2. The van der Waals surface area contributed by atoms with Crippen LogP contribution in [-0.4, -0.2) is 0 Å². The Labute approximate surface area is 305 Å². The lowest BCUT2D eigenvalue weighted by Crippen LogP contribution is -1.92. The lowest BCUT2D eigenvalue weighted by Gasteiger charge is -2.19. The molecule has 52 heavy (non-hydrogen) atoms. The van der Waals surface area contributed by atoms with E-state index in [1.807, 2.05) is 0 Å². The minimum Gasteiger partial charge on any atom is -0.0622 e. The SMILES string of the molecule is C(=C\c1cccc(-c2ccc3c(-c4ccc(-c5ccccc5)cc4)c4ccccc4c(-c4ccc(-c5ccccc5)cc4)c3c2)c1)/c1ccccc1. The third-order valence-electron chi connectivity index (χ3n) is 10.1. The molecule has 0 bridgehead atoms. The third-order valence-corrected chi connectivity index (χ3v) is 10.1. The van der Waals surface area contributed by atoms with Gasteiger partial charge in [0.05, 0.1) is 0 Å². The second-order valence-corrected chi connectivity index (χ2v) is 13.3. The molecule has 0 aliphatic carbocycles. The molecule has 9 aromatic carbocycles. The molecule has 0 unspecified atom stereocenters. The Hall–Kier alpha value is -6.76. The van der Waals surface area contributed by atoms with E-state index in [2.05, 4.69) is 218 Å². The number of benzene rings is 9. The van der Waals surface area contributed by atoms with Gasteiger partial charge in [0.25, 0.3) is 0 Å².